The van der Waals surface area contributed by atoms with E-state index < -0.39 is 41.9 Å². The second-order valence-electron chi connectivity index (χ2n) is 12.1. The van der Waals surface area contributed by atoms with Crippen LogP contribution in [0.3, 0.4) is 0 Å². The summed E-state index contributed by atoms with van der Waals surface area (Å²) < 4.78 is 0. The number of para-hydroxylation sites is 2. The van der Waals surface area contributed by atoms with Crippen LogP contribution in [0.15, 0.2) is 72.8 Å². The molecule has 44 heavy (non-hydrogen) atoms. The van der Waals surface area contributed by atoms with E-state index in [1.165, 1.54) is 11.6 Å². The third-order valence-corrected chi connectivity index (χ3v) is 9.12. The Morgan fingerprint density at radius 2 is 1.66 bits per heavy atom. The molecule has 4 aromatic rings. The fourth-order valence-corrected chi connectivity index (χ4v) is 6.47. The number of aromatic amines is 1. The van der Waals surface area contributed by atoms with Crippen molar-refractivity contribution in [1.29, 1.82) is 0 Å². The zero-order valence-corrected chi connectivity index (χ0v) is 25.2. The van der Waals surface area contributed by atoms with Gasteiger partial charge in [0.25, 0.3) is 11.8 Å². The Balaban J connectivity index is 1.43. The van der Waals surface area contributed by atoms with Crippen LogP contribution in [0.5, 0.6) is 0 Å². The number of imide groups is 1. The molecule has 0 radical (unpaired) electrons. The Bertz CT molecular complexity index is 1780. The lowest BCUT2D eigenvalue weighted by molar-refractivity contribution is -0.140. The number of carbonyl (C=O) groups excluding carboxylic acids is 3. The van der Waals surface area contributed by atoms with Gasteiger partial charge in [-0.05, 0) is 46.7 Å². The van der Waals surface area contributed by atoms with Crippen molar-refractivity contribution in [2.24, 2.45) is 5.92 Å². The predicted octanol–water partition coefficient (Wildman–Crippen LogP) is 6.00. The van der Waals surface area contributed by atoms with Gasteiger partial charge in [0.1, 0.15) is 18.1 Å². The van der Waals surface area contributed by atoms with Gasteiger partial charge in [0.2, 0.25) is 0 Å². The highest BCUT2D eigenvalue weighted by Gasteiger charge is 2.53. The molecule has 0 aliphatic carbocycles. The summed E-state index contributed by atoms with van der Waals surface area (Å²) in [5.41, 5.74) is 5.03. The molecule has 1 fully saturated rings. The first kappa shape index (κ1) is 29.2. The Hall–Kier alpha value is -4.92. The molecular formula is C35H36N4O5. The smallest absolute Gasteiger partial charge is 0.332 e. The number of nitrogens with zero attached hydrogens (tertiary/aromatic N) is 2. The van der Waals surface area contributed by atoms with Crippen molar-refractivity contribution in [3.63, 3.8) is 0 Å². The summed E-state index contributed by atoms with van der Waals surface area (Å²) in [6, 6.07) is 19.4. The minimum atomic E-state index is -1.14. The van der Waals surface area contributed by atoms with E-state index in [1.807, 2.05) is 43.3 Å². The third-order valence-electron chi connectivity index (χ3n) is 9.12. The average molecular weight is 593 g/mol. The summed E-state index contributed by atoms with van der Waals surface area (Å²) in [5, 5.41) is 13.4. The molecule has 6 rings (SSSR count). The average Bonchev–Trinajstić information content (AvgIpc) is 3.52. The topological polar surface area (TPSA) is 123 Å². The van der Waals surface area contributed by atoms with Crippen molar-refractivity contribution in [1.82, 2.24) is 15.2 Å². The maximum Gasteiger partial charge on any atom is 0.332 e. The van der Waals surface area contributed by atoms with E-state index in [9.17, 15) is 24.3 Å². The summed E-state index contributed by atoms with van der Waals surface area (Å²) in [6.07, 6.45) is 0.872. The van der Waals surface area contributed by atoms with Gasteiger partial charge >= 0.3 is 12.0 Å². The molecule has 226 valence electrons. The lowest BCUT2D eigenvalue weighted by Crippen LogP contribution is -2.45. The van der Waals surface area contributed by atoms with Gasteiger partial charge in [-0.3, -0.25) is 14.5 Å². The quantitative estimate of drug-likeness (QED) is 0.217. The van der Waals surface area contributed by atoms with Crippen molar-refractivity contribution in [2.45, 2.75) is 64.6 Å². The van der Waals surface area contributed by atoms with Gasteiger partial charge in [-0.1, -0.05) is 88.7 Å². The number of aliphatic carboxylic acids is 1. The molecule has 9 heteroatoms. The Labute approximate surface area is 255 Å². The van der Waals surface area contributed by atoms with E-state index in [2.05, 4.69) is 36.3 Å². The minimum absolute atomic E-state index is 0.0606. The predicted molar refractivity (Wildman–Crippen MR) is 168 cm³/mol. The van der Waals surface area contributed by atoms with Crippen molar-refractivity contribution in [3.05, 3.63) is 101 Å². The highest BCUT2D eigenvalue weighted by Crippen LogP contribution is 2.45. The molecule has 2 unspecified atom stereocenters. The lowest BCUT2D eigenvalue weighted by Gasteiger charge is -2.36. The summed E-state index contributed by atoms with van der Waals surface area (Å²) in [7, 11) is 0. The van der Waals surface area contributed by atoms with E-state index in [-0.39, 0.29) is 17.2 Å². The molecule has 0 bridgehead atoms. The molecule has 2 aliphatic rings. The fourth-order valence-electron chi connectivity index (χ4n) is 6.47. The first-order valence-corrected chi connectivity index (χ1v) is 15.1. The van der Waals surface area contributed by atoms with Gasteiger partial charge in [-0.25, -0.2) is 14.5 Å². The number of fused-ring (bicyclic) bond motifs is 4. The summed E-state index contributed by atoms with van der Waals surface area (Å²) in [6.45, 7) is 7.85. The number of hydrogen-bond donors (Lipinski definition) is 3. The highest BCUT2D eigenvalue weighted by atomic mass is 16.4. The van der Waals surface area contributed by atoms with E-state index in [1.54, 1.807) is 30.0 Å². The SMILES string of the molecule is CCC(C)[C@H](NC(=O)c1ccccc1N1C(=O)[C@@H]2Cc3c([nH]c4ccccc34)C(c3ccc(C(C)C)cc3)N2C1=O)C(=O)O. The van der Waals surface area contributed by atoms with Crippen LogP contribution in [0.1, 0.15) is 78.8 Å². The van der Waals surface area contributed by atoms with Crippen LogP contribution < -0.4 is 10.2 Å². The van der Waals surface area contributed by atoms with E-state index in [0.29, 0.717) is 18.8 Å². The van der Waals surface area contributed by atoms with Crippen LogP contribution in [-0.4, -0.2) is 50.9 Å². The summed E-state index contributed by atoms with van der Waals surface area (Å²) >= 11 is 0. The number of aromatic nitrogens is 1. The molecule has 1 aromatic heterocycles. The highest BCUT2D eigenvalue weighted by molar-refractivity contribution is 6.24. The van der Waals surface area contributed by atoms with Crippen LogP contribution in [-0.2, 0) is 16.0 Å². The molecule has 1 saturated heterocycles. The number of H-pyrrole nitrogens is 1. The van der Waals surface area contributed by atoms with Gasteiger partial charge in [0.15, 0.2) is 0 Å². The molecule has 4 atom stereocenters. The molecule has 3 N–H and O–H groups in total. The number of rotatable bonds is 8. The van der Waals surface area contributed by atoms with E-state index in [4.69, 9.17) is 0 Å². The lowest BCUT2D eigenvalue weighted by atomic mass is 9.88. The molecule has 0 saturated carbocycles. The molecule has 3 aromatic carbocycles. The van der Waals surface area contributed by atoms with Crippen molar-refractivity contribution in [2.75, 3.05) is 4.90 Å². The largest absolute Gasteiger partial charge is 0.480 e. The van der Waals surface area contributed by atoms with Crippen LogP contribution in [0.4, 0.5) is 10.5 Å². The van der Waals surface area contributed by atoms with Crippen LogP contribution in [0, 0.1) is 5.92 Å². The maximum absolute atomic E-state index is 14.4. The summed E-state index contributed by atoms with van der Waals surface area (Å²) in [5.74, 6) is -2.21. The Morgan fingerprint density at radius 1 is 0.977 bits per heavy atom. The molecule has 4 amide bonds. The minimum Gasteiger partial charge on any atom is -0.480 e. The van der Waals surface area contributed by atoms with Crippen molar-refractivity contribution in [3.8, 4) is 0 Å². The molecule has 2 aliphatic heterocycles. The Morgan fingerprint density at radius 3 is 2.34 bits per heavy atom. The monoisotopic (exact) mass is 592 g/mol. The maximum atomic E-state index is 14.4. The van der Waals surface area contributed by atoms with Gasteiger partial charge in [-0.15, -0.1) is 0 Å². The van der Waals surface area contributed by atoms with Gasteiger partial charge in [-0.2, -0.15) is 0 Å². The van der Waals surface area contributed by atoms with Crippen LogP contribution in [0.2, 0.25) is 0 Å². The second-order valence-corrected chi connectivity index (χ2v) is 12.1. The van der Waals surface area contributed by atoms with Crippen LogP contribution >= 0.6 is 0 Å². The zero-order chi connectivity index (χ0) is 31.3. The van der Waals surface area contributed by atoms with Gasteiger partial charge < -0.3 is 15.4 Å². The second kappa shape index (κ2) is 11.3. The van der Waals surface area contributed by atoms with Gasteiger partial charge in [0.05, 0.1) is 11.3 Å². The number of hydrogen-bond acceptors (Lipinski definition) is 4. The first-order chi connectivity index (χ1) is 21.1. The number of carboxylic acids is 1. The van der Waals surface area contributed by atoms with E-state index >= 15 is 0 Å². The molecular weight excluding hydrogens is 556 g/mol. The van der Waals surface area contributed by atoms with E-state index in [0.717, 1.165) is 32.6 Å². The summed E-state index contributed by atoms with van der Waals surface area (Å²) in [4.78, 5) is 60.3. The first-order valence-electron chi connectivity index (χ1n) is 15.1. The number of benzene rings is 3. The number of carboxylic acid groups (broad SMARTS) is 1. The number of anilines is 1. The van der Waals surface area contributed by atoms with Gasteiger partial charge in [0, 0.05) is 23.0 Å². The zero-order valence-electron chi connectivity index (χ0n) is 25.2. The molecule has 3 heterocycles. The molecule has 0 spiro atoms. The van der Waals surface area contributed by atoms with Crippen molar-refractivity contribution < 1.29 is 24.3 Å². The Kier molecular flexibility index (Phi) is 7.49. The van der Waals surface area contributed by atoms with Crippen molar-refractivity contribution >= 4 is 40.4 Å². The number of carbonyl (C=O) groups is 4. The third kappa shape index (κ3) is 4.72. The van der Waals surface area contributed by atoms with Crippen LogP contribution in [0.25, 0.3) is 10.9 Å². The fraction of sp³-hybridized carbons (Fsp3) is 0.314. The molecule has 9 nitrogen and oxygen atoms in total. The number of amides is 4. The normalized spacial score (nSPS) is 19.2. The standard InChI is InChI=1S/C35H36N4O5/c1-5-20(4)29(34(42)43)37-32(40)24-11-7-9-13-27(24)39-33(41)28-18-25-23-10-6-8-12-26(23)36-30(25)31(38(28)35(39)44)22-16-14-21(15-17-22)19(2)3/h6-17,19-20,28-29,31,36H,5,18H2,1-4H3,(H,37,40)(H,42,43)/t20?,28-,29-,31?/m0/s1. The number of urea groups is 1. The number of nitrogens with one attached hydrogen (secondary N) is 2.